The number of amides is 1. The SMILES string of the molecule is CNC(=O)c1ccc(-c2cc(NCc3ccncc3)nc3[nH]ccc23)cc1. The van der Waals surface area contributed by atoms with Gasteiger partial charge in [0.1, 0.15) is 11.5 Å². The van der Waals surface area contributed by atoms with Crippen LogP contribution in [0, 0.1) is 0 Å². The van der Waals surface area contributed by atoms with Crippen LogP contribution >= 0.6 is 0 Å². The van der Waals surface area contributed by atoms with Crippen LogP contribution in [0.2, 0.25) is 0 Å². The maximum absolute atomic E-state index is 11.8. The van der Waals surface area contributed by atoms with E-state index in [2.05, 4.69) is 25.6 Å². The summed E-state index contributed by atoms with van der Waals surface area (Å²) in [6.45, 7) is 0.663. The molecule has 0 aliphatic rings. The van der Waals surface area contributed by atoms with Crippen molar-refractivity contribution in [3.8, 4) is 11.1 Å². The number of nitrogens with zero attached hydrogens (tertiary/aromatic N) is 2. The number of carbonyl (C=O) groups excluding carboxylic acids is 1. The van der Waals surface area contributed by atoms with E-state index >= 15 is 0 Å². The second-order valence-corrected chi connectivity index (χ2v) is 6.16. The highest BCUT2D eigenvalue weighted by Crippen LogP contribution is 2.30. The number of benzene rings is 1. The van der Waals surface area contributed by atoms with E-state index in [1.54, 1.807) is 19.4 Å². The Bertz CT molecular complexity index is 1070. The van der Waals surface area contributed by atoms with Gasteiger partial charge in [-0.3, -0.25) is 9.78 Å². The Hall–Kier alpha value is -3.67. The fraction of sp³-hybridized carbons (Fsp3) is 0.0952. The van der Waals surface area contributed by atoms with Gasteiger partial charge in [-0.15, -0.1) is 0 Å². The topological polar surface area (TPSA) is 82.7 Å². The highest BCUT2D eigenvalue weighted by Gasteiger charge is 2.10. The average Bonchev–Trinajstić information content (AvgIpc) is 3.20. The summed E-state index contributed by atoms with van der Waals surface area (Å²) >= 11 is 0. The van der Waals surface area contributed by atoms with Crippen molar-refractivity contribution in [1.29, 1.82) is 0 Å². The average molecular weight is 357 g/mol. The van der Waals surface area contributed by atoms with Gasteiger partial charge in [-0.05, 0) is 53.1 Å². The molecule has 1 aromatic carbocycles. The quantitative estimate of drug-likeness (QED) is 0.510. The zero-order valence-electron chi connectivity index (χ0n) is 14.9. The minimum absolute atomic E-state index is 0.0947. The molecule has 3 heterocycles. The van der Waals surface area contributed by atoms with Gasteiger partial charge in [-0.1, -0.05) is 12.1 Å². The maximum atomic E-state index is 11.8. The lowest BCUT2D eigenvalue weighted by Gasteiger charge is -2.10. The van der Waals surface area contributed by atoms with Gasteiger partial charge in [0.2, 0.25) is 0 Å². The van der Waals surface area contributed by atoms with Gasteiger partial charge in [0, 0.05) is 43.1 Å². The molecule has 134 valence electrons. The van der Waals surface area contributed by atoms with Crippen molar-refractivity contribution < 1.29 is 4.79 Å². The number of aromatic nitrogens is 3. The molecule has 3 N–H and O–H groups in total. The number of rotatable bonds is 5. The number of H-pyrrole nitrogens is 1. The molecule has 0 unspecified atom stereocenters. The van der Waals surface area contributed by atoms with E-state index in [1.165, 1.54) is 0 Å². The van der Waals surface area contributed by atoms with Crippen LogP contribution in [0.4, 0.5) is 5.82 Å². The first kappa shape index (κ1) is 16.8. The molecule has 0 spiro atoms. The number of fused-ring (bicyclic) bond motifs is 1. The van der Waals surface area contributed by atoms with Gasteiger partial charge < -0.3 is 15.6 Å². The fourth-order valence-electron chi connectivity index (χ4n) is 3.01. The fourth-order valence-corrected chi connectivity index (χ4v) is 3.01. The third-order valence-corrected chi connectivity index (χ3v) is 4.44. The molecular formula is C21H19N5O. The molecule has 27 heavy (non-hydrogen) atoms. The Balaban J connectivity index is 1.67. The smallest absolute Gasteiger partial charge is 0.251 e. The van der Waals surface area contributed by atoms with Crippen molar-refractivity contribution in [2.24, 2.45) is 0 Å². The van der Waals surface area contributed by atoms with E-state index in [0.29, 0.717) is 12.1 Å². The summed E-state index contributed by atoms with van der Waals surface area (Å²) in [7, 11) is 1.63. The van der Waals surface area contributed by atoms with Gasteiger partial charge in [-0.25, -0.2) is 4.98 Å². The van der Waals surface area contributed by atoms with Crippen LogP contribution in [0.3, 0.4) is 0 Å². The van der Waals surface area contributed by atoms with Crippen LogP contribution in [-0.4, -0.2) is 27.9 Å². The van der Waals surface area contributed by atoms with Crippen LogP contribution in [0.15, 0.2) is 67.1 Å². The molecule has 0 fully saturated rings. The first-order valence-corrected chi connectivity index (χ1v) is 8.68. The lowest BCUT2D eigenvalue weighted by molar-refractivity contribution is 0.0963. The lowest BCUT2D eigenvalue weighted by Crippen LogP contribution is -2.17. The zero-order valence-corrected chi connectivity index (χ0v) is 14.9. The van der Waals surface area contributed by atoms with Gasteiger partial charge in [0.25, 0.3) is 5.91 Å². The number of hydrogen-bond acceptors (Lipinski definition) is 4. The number of aromatic amines is 1. The van der Waals surface area contributed by atoms with E-state index in [-0.39, 0.29) is 5.91 Å². The lowest BCUT2D eigenvalue weighted by atomic mass is 10.0. The molecule has 4 aromatic rings. The standard InChI is InChI=1S/C21H19N5O/c1-22-21(27)16-4-2-15(3-5-16)18-12-19(26-20-17(18)8-11-24-20)25-13-14-6-9-23-10-7-14/h2-12H,13H2,1H3,(H,22,27)(H2,24,25,26). The van der Waals surface area contributed by atoms with Crippen LogP contribution in [-0.2, 0) is 6.54 Å². The highest BCUT2D eigenvalue weighted by atomic mass is 16.1. The number of hydrogen-bond donors (Lipinski definition) is 3. The number of nitrogens with one attached hydrogen (secondary N) is 3. The van der Waals surface area contributed by atoms with Crippen LogP contribution in [0.5, 0.6) is 0 Å². The zero-order chi connectivity index (χ0) is 18.6. The summed E-state index contributed by atoms with van der Waals surface area (Å²) in [5, 5.41) is 7.05. The molecule has 6 heteroatoms. The van der Waals surface area contributed by atoms with Crippen molar-refractivity contribution in [2.75, 3.05) is 12.4 Å². The Kier molecular flexibility index (Phi) is 4.53. The van der Waals surface area contributed by atoms with E-state index in [1.807, 2.05) is 54.7 Å². The number of anilines is 1. The highest BCUT2D eigenvalue weighted by molar-refractivity contribution is 5.97. The Morgan fingerprint density at radius 2 is 1.85 bits per heavy atom. The normalized spacial score (nSPS) is 10.7. The molecule has 0 radical (unpaired) electrons. The van der Waals surface area contributed by atoms with Gasteiger partial charge in [0.05, 0.1) is 0 Å². The number of carbonyl (C=O) groups is 1. The molecule has 0 aliphatic carbocycles. The molecule has 4 rings (SSSR count). The summed E-state index contributed by atoms with van der Waals surface area (Å²) in [4.78, 5) is 23.6. The molecule has 1 amide bonds. The molecular weight excluding hydrogens is 338 g/mol. The van der Waals surface area contributed by atoms with E-state index in [0.717, 1.165) is 33.5 Å². The van der Waals surface area contributed by atoms with E-state index < -0.39 is 0 Å². The van der Waals surface area contributed by atoms with Crippen molar-refractivity contribution in [2.45, 2.75) is 6.54 Å². The molecule has 0 atom stereocenters. The van der Waals surface area contributed by atoms with E-state index in [4.69, 9.17) is 0 Å². The molecule has 3 aromatic heterocycles. The van der Waals surface area contributed by atoms with Crippen molar-refractivity contribution >= 4 is 22.8 Å². The summed E-state index contributed by atoms with van der Waals surface area (Å²) in [5.74, 6) is 0.690. The summed E-state index contributed by atoms with van der Waals surface area (Å²) in [6.07, 6.45) is 5.43. The Morgan fingerprint density at radius 3 is 2.59 bits per heavy atom. The van der Waals surface area contributed by atoms with Crippen molar-refractivity contribution in [1.82, 2.24) is 20.3 Å². The maximum Gasteiger partial charge on any atom is 0.251 e. The van der Waals surface area contributed by atoms with Crippen LogP contribution in [0.1, 0.15) is 15.9 Å². The second kappa shape index (κ2) is 7.29. The van der Waals surface area contributed by atoms with Gasteiger partial charge in [0.15, 0.2) is 0 Å². The van der Waals surface area contributed by atoms with E-state index in [9.17, 15) is 4.79 Å². The Morgan fingerprint density at radius 1 is 1.07 bits per heavy atom. The second-order valence-electron chi connectivity index (χ2n) is 6.16. The van der Waals surface area contributed by atoms with Crippen LogP contribution < -0.4 is 10.6 Å². The summed E-state index contributed by atoms with van der Waals surface area (Å²) in [5.41, 5.74) is 4.68. The van der Waals surface area contributed by atoms with Crippen molar-refractivity contribution in [3.63, 3.8) is 0 Å². The minimum atomic E-state index is -0.0947. The molecule has 0 saturated carbocycles. The first-order valence-electron chi connectivity index (χ1n) is 8.68. The van der Waals surface area contributed by atoms with Gasteiger partial charge >= 0.3 is 0 Å². The molecule has 0 aliphatic heterocycles. The largest absolute Gasteiger partial charge is 0.366 e. The third-order valence-electron chi connectivity index (χ3n) is 4.44. The predicted octanol–water partition coefficient (Wildman–Crippen LogP) is 3.60. The first-order chi connectivity index (χ1) is 13.2. The minimum Gasteiger partial charge on any atom is -0.366 e. The number of pyridine rings is 2. The summed E-state index contributed by atoms with van der Waals surface area (Å²) in [6, 6.07) is 15.6. The van der Waals surface area contributed by atoms with Crippen LogP contribution in [0.25, 0.3) is 22.2 Å². The van der Waals surface area contributed by atoms with Crippen molar-refractivity contribution in [3.05, 3.63) is 78.2 Å². The predicted molar refractivity (Wildman–Crippen MR) is 106 cm³/mol. The molecule has 0 saturated heterocycles. The molecule has 6 nitrogen and oxygen atoms in total. The Labute approximate surface area is 156 Å². The molecule has 0 bridgehead atoms. The summed E-state index contributed by atoms with van der Waals surface area (Å²) < 4.78 is 0. The third kappa shape index (κ3) is 3.50. The van der Waals surface area contributed by atoms with Gasteiger partial charge in [-0.2, -0.15) is 0 Å². The monoisotopic (exact) mass is 357 g/mol.